The maximum atomic E-state index is 12.9. The Labute approximate surface area is 154 Å². The molecule has 1 aromatic heterocycles. The van der Waals surface area contributed by atoms with Gasteiger partial charge in [-0.05, 0) is 30.0 Å². The average molecular weight is 353 g/mol. The molecule has 0 aliphatic carbocycles. The fourth-order valence-corrected chi connectivity index (χ4v) is 4.70. The number of nitrogens with zero attached hydrogens (tertiary/aromatic N) is 3. The number of aliphatic hydroxyl groups is 1. The van der Waals surface area contributed by atoms with E-state index in [0.29, 0.717) is 12.5 Å². The molecule has 1 aromatic carbocycles. The second-order valence-corrected chi connectivity index (χ2v) is 7.89. The van der Waals surface area contributed by atoms with Gasteiger partial charge in [0.2, 0.25) is 0 Å². The zero-order chi connectivity index (χ0) is 18.1. The Balaban J connectivity index is 1.49. The molecule has 2 unspecified atom stereocenters. The van der Waals surface area contributed by atoms with E-state index >= 15 is 0 Å². The van der Waals surface area contributed by atoms with Crippen molar-refractivity contribution in [3.63, 3.8) is 0 Å². The third kappa shape index (κ3) is 3.06. The maximum Gasteiger partial charge on any atom is 0.270 e. The van der Waals surface area contributed by atoms with Crippen molar-refractivity contribution in [2.75, 3.05) is 32.8 Å². The summed E-state index contributed by atoms with van der Waals surface area (Å²) in [6.07, 6.45) is 2.86. The maximum absolute atomic E-state index is 12.9. The Morgan fingerprint density at radius 2 is 2.00 bits per heavy atom. The van der Waals surface area contributed by atoms with Crippen molar-refractivity contribution in [3.05, 3.63) is 59.9 Å². The smallest absolute Gasteiger partial charge is 0.270 e. The number of carbonyl (C=O) groups is 1. The lowest BCUT2D eigenvalue weighted by Gasteiger charge is -2.43. The number of hydrogen-bond donors (Lipinski definition) is 1. The van der Waals surface area contributed by atoms with Crippen LogP contribution in [0.5, 0.6) is 0 Å². The van der Waals surface area contributed by atoms with E-state index in [9.17, 15) is 9.90 Å². The van der Waals surface area contributed by atoms with E-state index in [2.05, 4.69) is 29.2 Å². The summed E-state index contributed by atoms with van der Waals surface area (Å²) in [4.78, 5) is 17.3. The number of carbonyl (C=O) groups excluding carboxylic acids is 1. The predicted octanol–water partition coefficient (Wildman–Crippen LogP) is 1.98. The standard InChI is InChI=1S/C21H27N3O2/c1-22-10-5-8-19(22)20(26)24-11-9-18-13-23(14-21(18,15-24)16-25)12-17-6-3-2-4-7-17/h2-8,10,18,25H,9,11-16H2,1H3. The number of fused-ring (bicyclic) bond motifs is 1. The largest absolute Gasteiger partial charge is 0.396 e. The molecule has 5 nitrogen and oxygen atoms in total. The zero-order valence-corrected chi connectivity index (χ0v) is 15.3. The first-order valence-electron chi connectivity index (χ1n) is 9.39. The summed E-state index contributed by atoms with van der Waals surface area (Å²) in [6.45, 7) is 4.31. The number of amides is 1. The van der Waals surface area contributed by atoms with Gasteiger partial charge in [0.15, 0.2) is 0 Å². The van der Waals surface area contributed by atoms with Gasteiger partial charge in [0.05, 0.1) is 6.61 Å². The summed E-state index contributed by atoms with van der Waals surface area (Å²) >= 11 is 0. The highest BCUT2D eigenvalue weighted by atomic mass is 16.3. The van der Waals surface area contributed by atoms with Crippen molar-refractivity contribution in [1.82, 2.24) is 14.4 Å². The molecule has 2 fully saturated rings. The van der Waals surface area contributed by atoms with Crippen molar-refractivity contribution in [2.45, 2.75) is 13.0 Å². The van der Waals surface area contributed by atoms with Crippen LogP contribution in [0.1, 0.15) is 22.5 Å². The fraction of sp³-hybridized carbons (Fsp3) is 0.476. The van der Waals surface area contributed by atoms with Gasteiger partial charge < -0.3 is 14.6 Å². The second-order valence-electron chi connectivity index (χ2n) is 7.89. The van der Waals surface area contributed by atoms with Crippen LogP contribution in [0.15, 0.2) is 48.7 Å². The SMILES string of the molecule is Cn1cccc1C(=O)N1CCC2CN(Cc3ccccc3)CC2(CO)C1. The van der Waals surface area contributed by atoms with Crippen molar-refractivity contribution >= 4 is 5.91 Å². The van der Waals surface area contributed by atoms with Gasteiger partial charge in [0.25, 0.3) is 5.91 Å². The summed E-state index contributed by atoms with van der Waals surface area (Å²) in [7, 11) is 1.90. The summed E-state index contributed by atoms with van der Waals surface area (Å²) in [5, 5.41) is 10.3. The Hall–Kier alpha value is -2.11. The molecule has 5 heteroatoms. The van der Waals surface area contributed by atoms with Gasteiger partial charge in [0, 0.05) is 51.4 Å². The van der Waals surface area contributed by atoms with E-state index in [1.54, 1.807) is 0 Å². The van der Waals surface area contributed by atoms with E-state index in [0.717, 1.165) is 38.3 Å². The first-order valence-corrected chi connectivity index (χ1v) is 9.39. The second kappa shape index (κ2) is 6.89. The van der Waals surface area contributed by atoms with Crippen molar-refractivity contribution < 1.29 is 9.90 Å². The molecule has 0 radical (unpaired) electrons. The van der Waals surface area contributed by atoms with Crippen LogP contribution in [-0.4, -0.2) is 58.2 Å². The van der Waals surface area contributed by atoms with Crippen LogP contribution in [0.2, 0.25) is 0 Å². The number of piperidine rings is 1. The highest BCUT2D eigenvalue weighted by Gasteiger charge is 2.50. The normalized spacial score (nSPS) is 26.1. The van der Waals surface area contributed by atoms with Gasteiger partial charge >= 0.3 is 0 Å². The fourth-order valence-electron chi connectivity index (χ4n) is 4.70. The summed E-state index contributed by atoms with van der Waals surface area (Å²) in [6, 6.07) is 14.3. The minimum Gasteiger partial charge on any atom is -0.396 e. The molecule has 3 heterocycles. The number of aromatic nitrogens is 1. The number of aryl methyl sites for hydroxylation is 1. The Kier molecular flexibility index (Phi) is 4.59. The molecule has 1 N–H and O–H groups in total. The molecule has 26 heavy (non-hydrogen) atoms. The van der Waals surface area contributed by atoms with Gasteiger partial charge in [-0.25, -0.2) is 0 Å². The van der Waals surface area contributed by atoms with Gasteiger partial charge in [0.1, 0.15) is 5.69 Å². The van der Waals surface area contributed by atoms with Crippen LogP contribution in [0.4, 0.5) is 0 Å². The van der Waals surface area contributed by atoms with Crippen LogP contribution in [0, 0.1) is 11.3 Å². The molecular formula is C21H27N3O2. The lowest BCUT2D eigenvalue weighted by molar-refractivity contribution is 0.0113. The molecule has 2 aliphatic rings. The van der Waals surface area contributed by atoms with E-state index in [1.807, 2.05) is 40.9 Å². The van der Waals surface area contributed by atoms with Crippen LogP contribution >= 0.6 is 0 Å². The van der Waals surface area contributed by atoms with Crippen LogP contribution in [-0.2, 0) is 13.6 Å². The van der Waals surface area contributed by atoms with E-state index in [-0.39, 0.29) is 17.9 Å². The van der Waals surface area contributed by atoms with Crippen molar-refractivity contribution in [3.8, 4) is 0 Å². The molecule has 0 spiro atoms. The zero-order valence-electron chi connectivity index (χ0n) is 15.3. The molecular weight excluding hydrogens is 326 g/mol. The van der Waals surface area contributed by atoms with E-state index in [1.165, 1.54) is 5.56 Å². The highest BCUT2D eigenvalue weighted by molar-refractivity contribution is 5.92. The molecule has 0 saturated carbocycles. The Bertz CT molecular complexity index is 773. The third-order valence-electron chi connectivity index (χ3n) is 6.15. The van der Waals surface area contributed by atoms with Gasteiger partial charge in [-0.15, -0.1) is 0 Å². The molecule has 2 saturated heterocycles. The quantitative estimate of drug-likeness (QED) is 0.914. The minimum absolute atomic E-state index is 0.0743. The summed E-state index contributed by atoms with van der Waals surface area (Å²) in [5.41, 5.74) is 1.82. The molecule has 138 valence electrons. The van der Waals surface area contributed by atoms with Crippen molar-refractivity contribution in [1.29, 1.82) is 0 Å². The third-order valence-corrected chi connectivity index (χ3v) is 6.15. The van der Waals surface area contributed by atoms with Crippen LogP contribution in [0.25, 0.3) is 0 Å². The number of hydrogen-bond acceptors (Lipinski definition) is 3. The van der Waals surface area contributed by atoms with Crippen LogP contribution in [0.3, 0.4) is 0 Å². The van der Waals surface area contributed by atoms with Crippen molar-refractivity contribution in [2.24, 2.45) is 18.4 Å². The first kappa shape index (κ1) is 17.3. The van der Waals surface area contributed by atoms with Gasteiger partial charge in [-0.2, -0.15) is 0 Å². The van der Waals surface area contributed by atoms with Gasteiger partial charge in [-0.3, -0.25) is 9.69 Å². The Morgan fingerprint density at radius 1 is 1.19 bits per heavy atom. The number of benzene rings is 1. The lowest BCUT2D eigenvalue weighted by Crippen LogP contribution is -2.52. The molecule has 2 aromatic rings. The number of likely N-dealkylation sites (tertiary alicyclic amines) is 2. The summed E-state index contributed by atoms with van der Waals surface area (Å²) < 4.78 is 1.87. The molecule has 1 amide bonds. The lowest BCUT2D eigenvalue weighted by atomic mass is 9.74. The van der Waals surface area contributed by atoms with Gasteiger partial charge in [-0.1, -0.05) is 30.3 Å². The molecule has 2 atom stereocenters. The van der Waals surface area contributed by atoms with Crippen LogP contribution < -0.4 is 0 Å². The number of rotatable bonds is 4. The predicted molar refractivity (Wildman–Crippen MR) is 101 cm³/mol. The van der Waals surface area contributed by atoms with E-state index < -0.39 is 0 Å². The first-order chi connectivity index (χ1) is 12.6. The average Bonchev–Trinajstić information content (AvgIpc) is 3.24. The molecule has 4 rings (SSSR count). The monoisotopic (exact) mass is 353 g/mol. The molecule has 2 aliphatic heterocycles. The Morgan fingerprint density at radius 3 is 2.69 bits per heavy atom. The molecule has 0 bridgehead atoms. The minimum atomic E-state index is -0.201. The van der Waals surface area contributed by atoms with E-state index in [4.69, 9.17) is 0 Å². The topological polar surface area (TPSA) is 48.7 Å². The number of aliphatic hydroxyl groups excluding tert-OH is 1. The highest BCUT2D eigenvalue weighted by Crippen LogP contribution is 2.42. The summed E-state index contributed by atoms with van der Waals surface area (Å²) in [5.74, 6) is 0.527.